The van der Waals surface area contributed by atoms with Crippen molar-refractivity contribution in [2.75, 3.05) is 16.9 Å². The molecule has 2 aliphatic heterocycles. The van der Waals surface area contributed by atoms with Gasteiger partial charge in [0.25, 0.3) is 5.91 Å². The highest BCUT2D eigenvalue weighted by Gasteiger charge is 2.31. The molecule has 0 fully saturated rings. The largest absolute Gasteiger partial charge is 0.327 e. The Balaban J connectivity index is 1.38. The van der Waals surface area contributed by atoms with E-state index in [0.29, 0.717) is 17.0 Å². The van der Waals surface area contributed by atoms with Crippen LogP contribution in [0, 0.1) is 0 Å². The second-order valence-corrected chi connectivity index (χ2v) is 8.27. The summed E-state index contributed by atoms with van der Waals surface area (Å²) in [7, 11) is 0. The number of benzene rings is 3. The molecule has 7 nitrogen and oxygen atoms in total. The van der Waals surface area contributed by atoms with E-state index >= 15 is 0 Å². The van der Waals surface area contributed by atoms with E-state index in [1.807, 2.05) is 77.8 Å². The van der Waals surface area contributed by atoms with Crippen molar-refractivity contribution >= 4 is 29.0 Å². The number of hydrazone groups is 1. The maximum absolute atomic E-state index is 13.1. The molecule has 3 aromatic rings. The number of urea groups is 1. The zero-order valence-electron chi connectivity index (χ0n) is 18.8. The van der Waals surface area contributed by atoms with Gasteiger partial charge in [-0.3, -0.25) is 9.80 Å². The van der Waals surface area contributed by atoms with Crippen LogP contribution in [0.2, 0.25) is 0 Å². The predicted molar refractivity (Wildman–Crippen MR) is 134 cm³/mol. The number of nitrogens with zero attached hydrogens (tertiary/aromatic N) is 2. The summed E-state index contributed by atoms with van der Waals surface area (Å²) in [5.74, 6) is -0.262. The van der Waals surface area contributed by atoms with Gasteiger partial charge in [0, 0.05) is 24.4 Å². The van der Waals surface area contributed by atoms with Crippen LogP contribution >= 0.6 is 0 Å². The Morgan fingerprint density at radius 1 is 0.971 bits per heavy atom. The number of nitrogens with one attached hydrogen (secondary N) is 3. The normalized spacial score (nSPS) is 17.7. The molecule has 0 spiro atoms. The van der Waals surface area contributed by atoms with Gasteiger partial charge in [-0.2, -0.15) is 5.10 Å². The van der Waals surface area contributed by atoms with Gasteiger partial charge in [0.1, 0.15) is 0 Å². The van der Waals surface area contributed by atoms with E-state index in [9.17, 15) is 9.59 Å². The lowest BCUT2D eigenvalue weighted by Crippen LogP contribution is -2.45. The van der Waals surface area contributed by atoms with Gasteiger partial charge in [-0.15, -0.1) is 0 Å². The molecule has 2 heterocycles. The Hall–Kier alpha value is -4.39. The first-order valence-corrected chi connectivity index (χ1v) is 11.2. The number of amides is 3. The summed E-state index contributed by atoms with van der Waals surface area (Å²) in [5, 5.41) is 15.3. The Kier molecular flexibility index (Phi) is 5.82. The second kappa shape index (κ2) is 9.23. The molecule has 1 atom stereocenters. The van der Waals surface area contributed by atoms with Crippen LogP contribution in [-0.2, 0) is 4.79 Å². The topological polar surface area (TPSA) is 85.8 Å². The molecule has 3 aromatic carbocycles. The molecule has 0 aromatic heterocycles. The number of para-hydroxylation sites is 1. The van der Waals surface area contributed by atoms with Crippen molar-refractivity contribution in [2.24, 2.45) is 5.10 Å². The lowest BCUT2D eigenvalue weighted by atomic mass is 9.94. The molecule has 0 bridgehead atoms. The monoisotopic (exact) mass is 451 g/mol. The van der Waals surface area contributed by atoms with Crippen LogP contribution < -0.4 is 21.0 Å². The Bertz CT molecular complexity index is 1270. The summed E-state index contributed by atoms with van der Waals surface area (Å²) >= 11 is 0. The lowest BCUT2D eigenvalue weighted by molar-refractivity contribution is -0.113. The van der Waals surface area contributed by atoms with Crippen molar-refractivity contribution in [3.63, 3.8) is 0 Å². The van der Waals surface area contributed by atoms with E-state index in [-0.39, 0.29) is 11.9 Å². The van der Waals surface area contributed by atoms with Gasteiger partial charge < -0.3 is 16.0 Å². The minimum absolute atomic E-state index is 0.262. The van der Waals surface area contributed by atoms with E-state index < -0.39 is 6.04 Å². The molecule has 34 heavy (non-hydrogen) atoms. The summed E-state index contributed by atoms with van der Waals surface area (Å²) in [6.45, 7) is 2.54. The average Bonchev–Trinajstić information content (AvgIpc) is 3.35. The number of rotatable bonds is 5. The van der Waals surface area contributed by atoms with E-state index in [2.05, 4.69) is 28.1 Å². The summed E-state index contributed by atoms with van der Waals surface area (Å²) < 4.78 is 0. The molecular formula is C27H25N5O2. The SMILES string of the molecule is CC1=C(C(=O)Nc2ccccc2)C(c2ccc(N3CCC(c4ccccc4)=N3)cc2)NC(=O)N1. The summed E-state index contributed by atoms with van der Waals surface area (Å²) in [5.41, 5.74) is 5.68. The first kappa shape index (κ1) is 21.5. The minimum atomic E-state index is -0.562. The molecule has 1 unspecified atom stereocenters. The van der Waals surface area contributed by atoms with Crippen molar-refractivity contribution in [3.8, 4) is 0 Å². The third-order valence-electron chi connectivity index (χ3n) is 5.98. The summed E-state index contributed by atoms with van der Waals surface area (Å²) in [6, 6.07) is 26.4. The molecule has 3 N–H and O–H groups in total. The molecule has 0 aliphatic carbocycles. The van der Waals surface area contributed by atoms with Crippen LogP contribution in [0.3, 0.4) is 0 Å². The molecule has 5 rings (SSSR count). The van der Waals surface area contributed by atoms with Gasteiger partial charge >= 0.3 is 6.03 Å². The fraction of sp³-hybridized carbons (Fsp3) is 0.148. The van der Waals surface area contributed by atoms with E-state index in [1.165, 1.54) is 0 Å². The van der Waals surface area contributed by atoms with Crippen molar-refractivity contribution in [1.29, 1.82) is 0 Å². The maximum atomic E-state index is 13.1. The quantitative estimate of drug-likeness (QED) is 0.531. The highest BCUT2D eigenvalue weighted by atomic mass is 16.2. The van der Waals surface area contributed by atoms with Gasteiger partial charge in [0.15, 0.2) is 0 Å². The summed E-state index contributed by atoms with van der Waals surface area (Å²) in [6.07, 6.45) is 0.877. The van der Waals surface area contributed by atoms with Crippen LogP contribution in [0.25, 0.3) is 0 Å². The molecule has 7 heteroatoms. The zero-order valence-corrected chi connectivity index (χ0v) is 18.8. The Labute approximate surface area is 198 Å². The molecule has 0 saturated heterocycles. The Morgan fingerprint density at radius 3 is 2.35 bits per heavy atom. The molecule has 0 saturated carbocycles. The minimum Gasteiger partial charge on any atom is -0.327 e. The van der Waals surface area contributed by atoms with Crippen LogP contribution in [0.1, 0.15) is 30.5 Å². The van der Waals surface area contributed by atoms with Crippen molar-refractivity contribution in [2.45, 2.75) is 19.4 Å². The highest BCUT2D eigenvalue weighted by molar-refractivity contribution is 6.06. The first-order chi connectivity index (χ1) is 16.6. The number of anilines is 2. The number of carbonyl (C=O) groups is 2. The number of allylic oxidation sites excluding steroid dienone is 1. The van der Waals surface area contributed by atoms with Crippen molar-refractivity contribution in [3.05, 3.63) is 107 Å². The maximum Gasteiger partial charge on any atom is 0.319 e. The van der Waals surface area contributed by atoms with E-state index in [1.54, 1.807) is 6.92 Å². The van der Waals surface area contributed by atoms with Gasteiger partial charge in [-0.25, -0.2) is 4.79 Å². The number of hydrogen-bond donors (Lipinski definition) is 3. The third kappa shape index (κ3) is 4.41. The second-order valence-electron chi connectivity index (χ2n) is 8.27. The Morgan fingerprint density at radius 2 is 1.65 bits per heavy atom. The van der Waals surface area contributed by atoms with Gasteiger partial charge in [0.05, 0.1) is 23.0 Å². The van der Waals surface area contributed by atoms with Crippen LogP contribution in [0.4, 0.5) is 16.2 Å². The zero-order chi connectivity index (χ0) is 23.5. The van der Waals surface area contributed by atoms with Gasteiger partial charge in [0.2, 0.25) is 0 Å². The molecule has 0 radical (unpaired) electrons. The fourth-order valence-electron chi connectivity index (χ4n) is 4.28. The van der Waals surface area contributed by atoms with Crippen molar-refractivity contribution < 1.29 is 9.59 Å². The molecular weight excluding hydrogens is 426 g/mol. The first-order valence-electron chi connectivity index (χ1n) is 11.2. The van der Waals surface area contributed by atoms with Gasteiger partial charge in [-0.05, 0) is 42.3 Å². The number of carbonyl (C=O) groups excluding carboxylic acids is 2. The van der Waals surface area contributed by atoms with E-state index in [4.69, 9.17) is 5.10 Å². The van der Waals surface area contributed by atoms with Gasteiger partial charge in [-0.1, -0.05) is 60.7 Å². The standard InChI is InChI=1S/C27H25N5O2/c1-18-24(26(33)29-21-10-6-3-7-11-21)25(30-27(34)28-18)20-12-14-22(15-13-20)32-17-16-23(31-32)19-8-4-2-5-9-19/h2-15,25H,16-17H2,1H3,(H,29,33)(H2,28,30,34). The molecule has 170 valence electrons. The van der Waals surface area contributed by atoms with E-state index in [0.717, 1.165) is 35.5 Å². The van der Waals surface area contributed by atoms with Crippen LogP contribution in [-0.4, -0.2) is 24.2 Å². The molecule has 2 aliphatic rings. The third-order valence-corrected chi connectivity index (χ3v) is 5.98. The highest BCUT2D eigenvalue weighted by Crippen LogP contribution is 2.30. The lowest BCUT2D eigenvalue weighted by Gasteiger charge is -2.29. The fourth-order valence-corrected chi connectivity index (χ4v) is 4.28. The summed E-state index contributed by atoms with van der Waals surface area (Å²) in [4.78, 5) is 25.3. The average molecular weight is 452 g/mol. The van der Waals surface area contributed by atoms with Crippen LogP contribution in [0.5, 0.6) is 0 Å². The predicted octanol–water partition coefficient (Wildman–Crippen LogP) is 4.57. The smallest absolute Gasteiger partial charge is 0.319 e. The number of hydrogen-bond acceptors (Lipinski definition) is 4. The molecule has 3 amide bonds. The van der Waals surface area contributed by atoms with Crippen molar-refractivity contribution in [1.82, 2.24) is 10.6 Å². The van der Waals surface area contributed by atoms with Crippen LogP contribution in [0.15, 0.2) is 101 Å².